The molecule has 0 aromatic heterocycles. The maximum Gasteiger partial charge on any atom is 0.0512 e. The van der Waals surface area contributed by atoms with Gasteiger partial charge in [0.2, 0.25) is 0 Å². The Morgan fingerprint density at radius 3 is 2.48 bits per heavy atom. The lowest BCUT2D eigenvalue weighted by molar-refractivity contribution is 0.176. The minimum absolute atomic E-state index is 0.147. The van der Waals surface area contributed by atoms with Crippen molar-refractivity contribution in [3.05, 3.63) is 29.3 Å². The second kappa shape index (κ2) is 7.81. The molecule has 1 N–H and O–H groups in total. The molecule has 3 heteroatoms. The van der Waals surface area contributed by atoms with Crippen LogP contribution in [0, 0.1) is 13.8 Å². The van der Waals surface area contributed by atoms with E-state index >= 15 is 0 Å². The molecule has 1 saturated heterocycles. The van der Waals surface area contributed by atoms with Crippen LogP contribution in [0.25, 0.3) is 0 Å². The van der Waals surface area contributed by atoms with Crippen LogP contribution in [0.3, 0.4) is 0 Å². The molecular formula is C18H30N2O. The van der Waals surface area contributed by atoms with E-state index in [1.54, 1.807) is 0 Å². The zero-order chi connectivity index (χ0) is 15.2. The first-order chi connectivity index (χ1) is 10.1. The van der Waals surface area contributed by atoms with Gasteiger partial charge in [0.1, 0.15) is 0 Å². The molecule has 1 aromatic rings. The Labute approximate surface area is 129 Å². The van der Waals surface area contributed by atoms with Crippen LogP contribution in [0.1, 0.15) is 37.3 Å². The second-order valence-electron chi connectivity index (χ2n) is 6.39. The molecule has 1 aliphatic rings. The average molecular weight is 290 g/mol. The van der Waals surface area contributed by atoms with E-state index in [0.717, 1.165) is 39.0 Å². The molecule has 0 aliphatic carbocycles. The van der Waals surface area contributed by atoms with E-state index in [9.17, 15) is 5.11 Å². The third kappa shape index (κ3) is 4.72. The van der Waals surface area contributed by atoms with Crippen LogP contribution in [0.2, 0.25) is 0 Å². The number of unbranched alkanes of at least 4 members (excludes halogenated alkanes) is 1. The molecule has 1 aromatic carbocycles. The number of aryl methyl sites for hydroxylation is 1. The number of benzene rings is 1. The van der Waals surface area contributed by atoms with E-state index in [1.807, 2.05) is 6.92 Å². The fourth-order valence-electron chi connectivity index (χ4n) is 3.07. The van der Waals surface area contributed by atoms with Crippen LogP contribution in [-0.4, -0.2) is 48.8 Å². The molecule has 21 heavy (non-hydrogen) atoms. The van der Waals surface area contributed by atoms with Crippen LogP contribution in [0.4, 0.5) is 5.69 Å². The third-order valence-corrected chi connectivity index (χ3v) is 4.64. The molecule has 0 amide bonds. The molecule has 1 heterocycles. The van der Waals surface area contributed by atoms with Crippen molar-refractivity contribution in [2.45, 2.75) is 46.1 Å². The molecule has 0 bridgehead atoms. The molecule has 0 radical (unpaired) electrons. The number of hydrogen-bond acceptors (Lipinski definition) is 3. The Balaban J connectivity index is 1.77. The standard InChI is InChI=1S/C18H30N2O/c1-15-7-6-9-18(17(15)3)20-13-11-19(12-14-20)10-5-4-8-16(2)21/h6-7,9,16,21H,4-5,8,10-14H2,1-3H3. The first-order valence-electron chi connectivity index (χ1n) is 8.29. The van der Waals surface area contributed by atoms with Crippen molar-refractivity contribution in [3.63, 3.8) is 0 Å². The molecule has 1 atom stereocenters. The van der Waals surface area contributed by atoms with Crippen LogP contribution in [-0.2, 0) is 0 Å². The van der Waals surface area contributed by atoms with Crippen molar-refractivity contribution in [2.75, 3.05) is 37.6 Å². The number of piperazine rings is 1. The summed E-state index contributed by atoms with van der Waals surface area (Å²) < 4.78 is 0. The van der Waals surface area contributed by atoms with Crippen molar-refractivity contribution in [1.82, 2.24) is 4.90 Å². The second-order valence-corrected chi connectivity index (χ2v) is 6.39. The van der Waals surface area contributed by atoms with Crippen LogP contribution < -0.4 is 4.90 Å². The highest BCUT2D eigenvalue weighted by molar-refractivity contribution is 5.56. The number of hydrogen-bond donors (Lipinski definition) is 1. The summed E-state index contributed by atoms with van der Waals surface area (Å²) in [6.07, 6.45) is 3.12. The van der Waals surface area contributed by atoms with Crippen molar-refractivity contribution in [2.24, 2.45) is 0 Å². The maximum absolute atomic E-state index is 9.28. The summed E-state index contributed by atoms with van der Waals surface area (Å²) in [5.74, 6) is 0. The van der Waals surface area contributed by atoms with Gasteiger partial charge in [-0.25, -0.2) is 0 Å². The summed E-state index contributed by atoms with van der Waals surface area (Å²) in [7, 11) is 0. The number of aliphatic hydroxyl groups is 1. The fourth-order valence-corrected chi connectivity index (χ4v) is 3.07. The summed E-state index contributed by atoms with van der Waals surface area (Å²) in [6.45, 7) is 12.0. The van der Waals surface area contributed by atoms with E-state index in [4.69, 9.17) is 0 Å². The molecule has 1 fully saturated rings. The van der Waals surface area contributed by atoms with Crippen LogP contribution >= 0.6 is 0 Å². The minimum Gasteiger partial charge on any atom is -0.393 e. The molecule has 0 saturated carbocycles. The first-order valence-corrected chi connectivity index (χ1v) is 8.29. The number of rotatable bonds is 6. The lowest BCUT2D eigenvalue weighted by Gasteiger charge is -2.37. The highest BCUT2D eigenvalue weighted by Crippen LogP contribution is 2.23. The van der Waals surface area contributed by atoms with E-state index in [0.29, 0.717) is 0 Å². The summed E-state index contributed by atoms with van der Waals surface area (Å²) >= 11 is 0. The van der Waals surface area contributed by atoms with E-state index in [2.05, 4.69) is 41.8 Å². The van der Waals surface area contributed by atoms with Crippen molar-refractivity contribution in [1.29, 1.82) is 0 Å². The Bertz CT molecular complexity index is 437. The predicted molar refractivity (Wildman–Crippen MR) is 90.1 cm³/mol. The summed E-state index contributed by atoms with van der Waals surface area (Å²) in [5.41, 5.74) is 4.21. The lowest BCUT2D eigenvalue weighted by Crippen LogP contribution is -2.46. The zero-order valence-electron chi connectivity index (χ0n) is 13.8. The Morgan fingerprint density at radius 1 is 1.10 bits per heavy atom. The van der Waals surface area contributed by atoms with Gasteiger partial charge in [0, 0.05) is 31.9 Å². The van der Waals surface area contributed by atoms with Gasteiger partial charge in [-0.1, -0.05) is 12.1 Å². The third-order valence-electron chi connectivity index (χ3n) is 4.64. The summed E-state index contributed by atoms with van der Waals surface area (Å²) in [6, 6.07) is 6.61. The maximum atomic E-state index is 9.28. The quantitative estimate of drug-likeness (QED) is 0.816. The minimum atomic E-state index is -0.147. The van der Waals surface area contributed by atoms with Crippen LogP contribution in [0.5, 0.6) is 0 Å². The van der Waals surface area contributed by atoms with Gasteiger partial charge in [0.05, 0.1) is 6.10 Å². The van der Waals surface area contributed by atoms with Crippen molar-refractivity contribution >= 4 is 5.69 Å². The van der Waals surface area contributed by atoms with E-state index in [1.165, 1.54) is 29.8 Å². The van der Waals surface area contributed by atoms with E-state index < -0.39 is 0 Å². The lowest BCUT2D eigenvalue weighted by atomic mass is 10.1. The van der Waals surface area contributed by atoms with Gasteiger partial charge in [0.15, 0.2) is 0 Å². The zero-order valence-corrected chi connectivity index (χ0v) is 13.8. The van der Waals surface area contributed by atoms with Crippen molar-refractivity contribution in [3.8, 4) is 0 Å². The largest absolute Gasteiger partial charge is 0.393 e. The normalized spacial score (nSPS) is 18.0. The predicted octanol–water partition coefficient (Wildman–Crippen LogP) is 2.98. The summed E-state index contributed by atoms with van der Waals surface area (Å²) in [4.78, 5) is 5.08. The van der Waals surface area contributed by atoms with Crippen LogP contribution in [0.15, 0.2) is 18.2 Å². The number of anilines is 1. The van der Waals surface area contributed by atoms with Gasteiger partial charge in [-0.15, -0.1) is 0 Å². The topological polar surface area (TPSA) is 26.7 Å². The van der Waals surface area contributed by atoms with Gasteiger partial charge < -0.3 is 10.0 Å². The van der Waals surface area contributed by atoms with E-state index in [-0.39, 0.29) is 6.10 Å². The molecule has 1 aliphatic heterocycles. The molecule has 3 nitrogen and oxygen atoms in total. The average Bonchev–Trinajstić information content (AvgIpc) is 2.47. The Kier molecular flexibility index (Phi) is 6.07. The molecular weight excluding hydrogens is 260 g/mol. The molecule has 118 valence electrons. The molecule has 2 rings (SSSR count). The van der Waals surface area contributed by atoms with Gasteiger partial charge in [-0.3, -0.25) is 4.90 Å². The fraction of sp³-hybridized carbons (Fsp3) is 0.667. The monoisotopic (exact) mass is 290 g/mol. The molecule has 1 unspecified atom stereocenters. The Hall–Kier alpha value is -1.06. The first kappa shape index (κ1) is 16.3. The number of nitrogens with zero attached hydrogens (tertiary/aromatic N) is 2. The van der Waals surface area contributed by atoms with Gasteiger partial charge in [-0.2, -0.15) is 0 Å². The Morgan fingerprint density at radius 2 is 1.81 bits per heavy atom. The van der Waals surface area contributed by atoms with Gasteiger partial charge in [0.25, 0.3) is 0 Å². The van der Waals surface area contributed by atoms with Crippen molar-refractivity contribution < 1.29 is 5.11 Å². The SMILES string of the molecule is Cc1cccc(N2CCN(CCCCC(C)O)CC2)c1C. The smallest absolute Gasteiger partial charge is 0.0512 e. The molecule has 0 spiro atoms. The van der Waals surface area contributed by atoms with Gasteiger partial charge >= 0.3 is 0 Å². The summed E-state index contributed by atoms with van der Waals surface area (Å²) in [5, 5.41) is 9.28. The number of aliphatic hydroxyl groups excluding tert-OH is 1. The highest BCUT2D eigenvalue weighted by Gasteiger charge is 2.18. The van der Waals surface area contributed by atoms with Gasteiger partial charge in [-0.05, 0) is 63.8 Å². The highest BCUT2D eigenvalue weighted by atomic mass is 16.3.